The van der Waals surface area contributed by atoms with Gasteiger partial charge in [0.1, 0.15) is 5.76 Å². The molecule has 3 rings (SSSR count). The van der Waals surface area contributed by atoms with Gasteiger partial charge in [0.25, 0.3) is 0 Å². The number of aromatic carboxylic acids is 1. The SMILES string of the molecule is Cc1cc(Cn2c(=O)oc3cccnc32)oc1C(=O)O. The molecule has 7 nitrogen and oxygen atoms in total. The Morgan fingerprint density at radius 1 is 1.45 bits per heavy atom. The van der Waals surface area contributed by atoms with E-state index in [1.807, 2.05) is 0 Å². The molecule has 0 aliphatic heterocycles. The van der Waals surface area contributed by atoms with E-state index in [-0.39, 0.29) is 12.3 Å². The Labute approximate surface area is 112 Å². The number of aryl methyl sites for hydroxylation is 1. The Morgan fingerprint density at radius 2 is 2.25 bits per heavy atom. The molecule has 0 aliphatic carbocycles. The predicted molar refractivity (Wildman–Crippen MR) is 67.8 cm³/mol. The zero-order valence-corrected chi connectivity index (χ0v) is 10.5. The number of carboxylic acids is 1. The summed E-state index contributed by atoms with van der Waals surface area (Å²) in [4.78, 5) is 26.8. The van der Waals surface area contributed by atoms with E-state index >= 15 is 0 Å². The van der Waals surface area contributed by atoms with Gasteiger partial charge in [-0.25, -0.2) is 14.6 Å². The van der Waals surface area contributed by atoms with E-state index in [1.54, 1.807) is 31.3 Å². The first-order chi connectivity index (χ1) is 9.56. The fraction of sp³-hybridized carbons (Fsp3) is 0.154. The number of hydrogen-bond donors (Lipinski definition) is 1. The van der Waals surface area contributed by atoms with E-state index in [4.69, 9.17) is 13.9 Å². The van der Waals surface area contributed by atoms with Crippen LogP contribution in [0.5, 0.6) is 0 Å². The first-order valence-electron chi connectivity index (χ1n) is 5.83. The largest absolute Gasteiger partial charge is 0.475 e. The molecular formula is C13H10N2O5. The smallest absolute Gasteiger partial charge is 0.421 e. The van der Waals surface area contributed by atoms with Crippen molar-refractivity contribution in [1.82, 2.24) is 9.55 Å². The zero-order chi connectivity index (χ0) is 14.3. The highest BCUT2D eigenvalue weighted by atomic mass is 16.4. The number of furan rings is 1. The molecule has 102 valence electrons. The molecule has 0 spiro atoms. The lowest BCUT2D eigenvalue weighted by Gasteiger charge is -1.97. The van der Waals surface area contributed by atoms with Crippen LogP contribution in [0.3, 0.4) is 0 Å². The molecule has 0 unspecified atom stereocenters. The van der Waals surface area contributed by atoms with Gasteiger partial charge in [-0.1, -0.05) is 0 Å². The van der Waals surface area contributed by atoms with Crippen LogP contribution in [0, 0.1) is 6.92 Å². The molecule has 0 fully saturated rings. The lowest BCUT2D eigenvalue weighted by Crippen LogP contribution is -2.15. The first kappa shape index (κ1) is 12.2. The molecule has 7 heteroatoms. The van der Waals surface area contributed by atoms with E-state index in [9.17, 15) is 9.59 Å². The van der Waals surface area contributed by atoms with Crippen molar-refractivity contribution < 1.29 is 18.7 Å². The van der Waals surface area contributed by atoms with E-state index in [1.165, 1.54) is 4.57 Å². The van der Waals surface area contributed by atoms with Crippen LogP contribution >= 0.6 is 0 Å². The van der Waals surface area contributed by atoms with Gasteiger partial charge in [0.05, 0.1) is 6.54 Å². The van der Waals surface area contributed by atoms with Crippen molar-refractivity contribution >= 4 is 17.2 Å². The lowest BCUT2D eigenvalue weighted by molar-refractivity contribution is 0.0659. The summed E-state index contributed by atoms with van der Waals surface area (Å²) in [6.07, 6.45) is 1.55. The summed E-state index contributed by atoms with van der Waals surface area (Å²) < 4.78 is 11.6. The van der Waals surface area contributed by atoms with Gasteiger partial charge in [-0.15, -0.1) is 0 Å². The number of fused-ring (bicyclic) bond motifs is 1. The molecule has 0 atom stereocenters. The Balaban J connectivity index is 2.05. The number of nitrogens with zero attached hydrogens (tertiary/aromatic N) is 2. The summed E-state index contributed by atoms with van der Waals surface area (Å²) in [5.74, 6) is -1.48. The van der Waals surface area contributed by atoms with Crippen LogP contribution in [-0.2, 0) is 6.54 Å². The predicted octanol–water partition coefficient (Wildman–Crippen LogP) is 1.64. The highest BCUT2D eigenvalue weighted by Gasteiger charge is 2.17. The highest BCUT2D eigenvalue weighted by molar-refractivity contribution is 5.86. The van der Waals surface area contributed by atoms with Gasteiger partial charge in [0.2, 0.25) is 5.76 Å². The Kier molecular flexibility index (Phi) is 2.67. The Hall–Kier alpha value is -2.83. The van der Waals surface area contributed by atoms with Crippen LogP contribution in [-0.4, -0.2) is 20.6 Å². The number of aromatic nitrogens is 2. The highest BCUT2D eigenvalue weighted by Crippen LogP contribution is 2.17. The molecular weight excluding hydrogens is 264 g/mol. The minimum atomic E-state index is -1.14. The second-order valence-corrected chi connectivity index (χ2v) is 4.31. The quantitative estimate of drug-likeness (QED) is 0.779. The molecule has 0 amide bonds. The molecule has 0 aromatic carbocycles. The van der Waals surface area contributed by atoms with Crippen LogP contribution in [0.4, 0.5) is 0 Å². The van der Waals surface area contributed by atoms with Crippen LogP contribution < -0.4 is 5.76 Å². The molecule has 3 aromatic heterocycles. The maximum Gasteiger partial charge on any atom is 0.421 e. The van der Waals surface area contributed by atoms with E-state index in [2.05, 4.69) is 4.98 Å². The van der Waals surface area contributed by atoms with Crippen molar-refractivity contribution in [3.05, 3.63) is 52.0 Å². The van der Waals surface area contributed by atoms with Crippen molar-refractivity contribution in [2.45, 2.75) is 13.5 Å². The van der Waals surface area contributed by atoms with Crippen molar-refractivity contribution in [3.63, 3.8) is 0 Å². The number of oxazole rings is 1. The summed E-state index contributed by atoms with van der Waals surface area (Å²) in [5.41, 5.74) is 1.27. The second kappa shape index (κ2) is 4.37. The summed E-state index contributed by atoms with van der Waals surface area (Å²) in [7, 11) is 0. The van der Waals surface area contributed by atoms with Gasteiger partial charge < -0.3 is 13.9 Å². The summed E-state index contributed by atoms with van der Waals surface area (Å²) in [6.45, 7) is 1.70. The second-order valence-electron chi connectivity index (χ2n) is 4.31. The number of carbonyl (C=O) groups is 1. The van der Waals surface area contributed by atoms with Crippen molar-refractivity contribution in [3.8, 4) is 0 Å². The van der Waals surface area contributed by atoms with Crippen LogP contribution in [0.15, 0.2) is 38.0 Å². The molecule has 1 N–H and O–H groups in total. The third-order valence-corrected chi connectivity index (χ3v) is 2.90. The first-order valence-corrected chi connectivity index (χ1v) is 5.83. The van der Waals surface area contributed by atoms with Gasteiger partial charge in [-0.3, -0.25) is 4.57 Å². The number of pyridine rings is 1. The van der Waals surface area contributed by atoms with E-state index in [0.717, 1.165) is 0 Å². The summed E-state index contributed by atoms with van der Waals surface area (Å²) in [5, 5.41) is 8.94. The number of hydrogen-bond acceptors (Lipinski definition) is 5. The average Bonchev–Trinajstić information content (AvgIpc) is 2.92. The Morgan fingerprint density at radius 3 is 2.95 bits per heavy atom. The maximum atomic E-state index is 11.8. The molecule has 0 radical (unpaired) electrons. The molecule has 0 bridgehead atoms. The van der Waals surface area contributed by atoms with Gasteiger partial charge >= 0.3 is 11.7 Å². The van der Waals surface area contributed by atoms with Gasteiger partial charge in [-0.2, -0.15) is 0 Å². The van der Waals surface area contributed by atoms with Crippen LogP contribution in [0.25, 0.3) is 11.2 Å². The average molecular weight is 274 g/mol. The molecule has 0 saturated carbocycles. The lowest BCUT2D eigenvalue weighted by atomic mass is 10.2. The summed E-state index contributed by atoms with van der Waals surface area (Å²) in [6, 6.07) is 4.88. The molecule has 3 heterocycles. The number of rotatable bonds is 3. The monoisotopic (exact) mass is 274 g/mol. The third-order valence-electron chi connectivity index (χ3n) is 2.90. The minimum absolute atomic E-state index is 0.0664. The zero-order valence-electron chi connectivity index (χ0n) is 10.5. The Bertz CT molecular complexity index is 855. The van der Waals surface area contributed by atoms with Crippen LogP contribution in [0.2, 0.25) is 0 Å². The fourth-order valence-corrected chi connectivity index (χ4v) is 2.03. The van der Waals surface area contributed by atoms with Gasteiger partial charge in [0, 0.05) is 11.8 Å². The third kappa shape index (κ3) is 1.89. The van der Waals surface area contributed by atoms with Crippen molar-refractivity contribution in [1.29, 1.82) is 0 Å². The van der Waals surface area contributed by atoms with E-state index in [0.29, 0.717) is 22.6 Å². The van der Waals surface area contributed by atoms with Gasteiger partial charge in [-0.05, 0) is 25.1 Å². The van der Waals surface area contributed by atoms with Crippen molar-refractivity contribution in [2.75, 3.05) is 0 Å². The normalized spacial score (nSPS) is 11.1. The topological polar surface area (TPSA) is 98.5 Å². The van der Waals surface area contributed by atoms with E-state index < -0.39 is 11.7 Å². The summed E-state index contributed by atoms with van der Waals surface area (Å²) >= 11 is 0. The van der Waals surface area contributed by atoms with Crippen LogP contribution in [0.1, 0.15) is 21.9 Å². The fourth-order valence-electron chi connectivity index (χ4n) is 2.03. The maximum absolute atomic E-state index is 11.8. The van der Waals surface area contributed by atoms with Crippen molar-refractivity contribution in [2.24, 2.45) is 0 Å². The molecule has 3 aromatic rings. The molecule has 20 heavy (non-hydrogen) atoms. The standard InChI is InChI=1S/C13H10N2O5/c1-7-5-8(19-10(7)12(16)17)6-15-11-9(20-13(15)18)3-2-4-14-11/h2-5H,6H2,1H3,(H,16,17). The minimum Gasteiger partial charge on any atom is -0.475 e. The molecule has 0 saturated heterocycles. The molecule has 0 aliphatic rings. The van der Waals surface area contributed by atoms with Gasteiger partial charge in [0.15, 0.2) is 11.2 Å². The number of carboxylic acid groups (broad SMARTS) is 1.